The molecule has 0 amide bonds. The van der Waals surface area contributed by atoms with Gasteiger partial charge in [0.05, 0.1) is 12.7 Å². The third-order valence-electron chi connectivity index (χ3n) is 2.25. The van der Waals surface area contributed by atoms with E-state index in [4.69, 9.17) is 28.3 Å². The van der Waals surface area contributed by atoms with Crippen molar-refractivity contribution in [3.05, 3.63) is 28.4 Å². The summed E-state index contributed by atoms with van der Waals surface area (Å²) < 4.78 is 1.67. The van der Waals surface area contributed by atoms with Gasteiger partial charge in [0.25, 0.3) is 0 Å². The molecule has 2 N–H and O–H groups in total. The minimum atomic E-state index is 0.0848. The zero-order valence-corrected chi connectivity index (χ0v) is 13.4. The van der Waals surface area contributed by atoms with Crippen molar-refractivity contribution in [2.24, 2.45) is 0 Å². The van der Waals surface area contributed by atoms with E-state index < -0.39 is 0 Å². The number of nitrogens with zero attached hydrogens (tertiary/aromatic N) is 5. The van der Waals surface area contributed by atoms with Crippen LogP contribution in [0.4, 0.5) is 5.82 Å². The van der Waals surface area contributed by atoms with Crippen LogP contribution in [0.5, 0.6) is 0 Å². The maximum absolute atomic E-state index is 8.73. The highest BCUT2D eigenvalue weighted by Gasteiger charge is 2.04. The Balaban J connectivity index is 0.00000106. The van der Waals surface area contributed by atoms with Crippen LogP contribution in [0.25, 0.3) is 0 Å². The molecule has 21 heavy (non-hydrogen) atoms. The van der Waals surface area contributed by atoms with E-state index >= 15 is 0 Å². The third kappa shape index (κ3) is 6.24. The molecule has 0 radical (unpaired) electrons. The molecule has 0 aliphatic rings. The largest absolute Gasteiger partial charge is 0.396 e. The average Bonchev–Trinajstić information content (AvgIpc) is 2.92. The van der Waals surface area contributed by atoms with Crippen molar-refractivity contribution in [1.82, 2.24) is 25.0 Å². The van der Waals surface area contributed by atoms with Crippen LogP contribution in [0.2, 0.25) is 10.4 Å². The number of aliphatic hydroxyl groups is 1. The molecule has 0 saturated heterocycles. The summed E-state index contributed by atoms with van der Waals surface area (Å²) >= 11 is 11.5. The Morgan fingerprint density at radius 2 is 2.05 bits per heavy atom. The number of rotatable bonds is 6. The topological polar surface area (TPSA) is 88.8 Å². The number of halogens is 2. The lowest BCUT2D eigenvalue weighted by Crippen LogP contribution is -2.03. The molecule has 0 atom stereocenters. The zero-order valence-electron chi connectivity index (χ0n) is 11.9. The lowest BCUT2D eigenvalue weighted by atomic mass is 10.4. The second kappa shape index (κ2) is 9.49. The highest BCUT2D eigenvalue weighted by molar-refractivity contribution is 6.32. The van der Waals surface area contributed by atoms with Gasteiger partial charge < -0.3 is 10.4 Å². The fraction of sp³-hybridized carbons (Fsp3) is 0.500. The van der Waals surface area contributed by atoms with E-state index in [2.05, 4.69) is 25.6 Å². The molecular weight excluding hydrogens is 315 g/mol. The Morgan fingerprint density at radius 1 is 1.29 bits per heavy atom. The second-order valence-corrected chi connectivity index (χ2v) is 4.47. The first-order valence-corrected chi connectivity index (χ1v) is 7.37. The highest BCUT2D eigenvalue weighted by atomic mass is 35.5. The predicted molar refractivity (Wildman–Crippen MR) is 82.5 cm³/mol. The van der Waals surface area contributed by atoms with Gasteiger partial charge in [-0.2, -0.15) is 0 Å². The SMILES string of the molecule is CC.OCCCn1cc(CNc2cc(Cl)nc(Cl)n2)nn1. The summed E-state index contributed by atoms with van der Waals surface area (Å²) in [4.78, 5) is 7.73. The molecule has 2 aromatic rings. The Hall–Kier alpha value is -1.44. The molecule has 9 heteroatoms. The number of anilines is 1. The highest BCUT2D eigenvalue weighted by Crippen LogP contribution is 2.14. The van der Waals surface area contributed by atoms with E-state index in [0.29, 0.717) is 25.3 Å². The van der Waals surface area contributed by atoms with Gasteiger partial charge in [0.2, 0.25) is 5.28 Å². The molecule has 7 nitrogen and oxygen atoms in total. The molecule has 2 heterocycles. The normalized spacial score (nSPS) is 9.95. The van der Waals surface area contributed by atoms with Crippen molar-refractivity contribution < 1.29 is 5.11 Å². The molecule has 0 aromatic carbocycles. The van der Waals surface area contributed by atoms with Crippen LogP contribution < -0.4 is 5.32 Å². The van der Waals surface area contributed by atoms with E-state index in [9.17, 15) is 0 Å². The van der Waals surface area contributed by atoms with Gasteiger partial charge in [0.15, 0.2) is 0 Å². The van der Waals surface area contributed by atoms with Crippen LogP contribution >= 0.6 is 23.2 Å². The summed E-state index contributed by atoms with van der Waals surface area (Å²) in [5, 5.41) is 20.0. The second-order valence-electron chi connectivity index (χ2n) is 3.75. The molecule has 0 fully saturated rings. The van der Waals surface area contributed by atoms with E-state index in [1.807, 2.05) is 13.8 Å². The Kier molecular flexibility index (Phi) is 7.96. The lowest BCUT2D eigenvalue weighted by Gasteiger charge is -2.03. The fourth-order valence-electron chi connectivity index (χ4n) is 1.42. The summed E-state index contributed by atoms with van der Waals surface area (Å²) in [6.07, 6.45) is 2.44. The standard InChI is InChI=1S/C10H12Cl2N6O.C2H6/c11-8-4-9(15-10(12)14-8)13-5-7-6-18(17-16-7)2-1-3-19;1-2/h4,6,19H,1-3,5H2,(H,13,14,15);1-2H3. The van der Waals surface area contributed by atoms with Crippen molar-refractivity contribution in [3.8, 4) is 0 Å². The van der Waals surface area contributed by atoms with Crippen LogP contribution in [0.1, 0.15) is 26.0 Å². The van der Waals surface area contributed by atoms with Crippen LogP contribution in [-0.2, 0) is 13.1 Å². The van der Waals surface area contributed by atoms with Gasteiger partial charge in [-0.25, -0.2) is 9.97 Å². The number of aryl methyl sites for hydroxylation is 1. The van der Waals surface area contributed by atoms with Gasteiger partial charge in [-0.05, 0) is 18.0 Å². The van der Waals surface area contributed by atoms with Crippen LogP contribution in [-0.4, -0.2) is 36.7 Å². The Bertz CT molecular complexity index is 528. The molecule has 0 unspecified atom stereocenters. The number of aliphatic hydroxyl groups excluding tert-OH is 1. The van der Waals surface area contributed by atoms with Crippen molar-refractivity contribution in [3.63, 3.8) is 0 Å². The van der Waals surface area contributed by atoms with Gasteiger partial charge in [-0.15, -0.1) is 5.10 Å². The number of hydrogen-bond acceptors (Lipinski definition) is 6. The van der Waals surface area contributed by atoms with Gasteiger partial charge in [-0.3, -0.25) is 4.68 Å². The first-order valence-electron chi connectivity index (χ1n) is 6.61. The molecule has 0 bridgehead atoms. The molecule has 2 rings (SSSR count). The average molecular weight is 333 g/mol. The molecule has 0 spiro atoms. The Labute approximate surface area is 133 Å². The van der Waals surface area contributed by atoms with Gasteiger partial charge in [0, 0.05) is 19.2 Å². The molecule has 0 aliphatic carbocycles. The maximum Gasteiger partial charge on any atom is 0.225 e. The first-order chi connectivity index (χ1) is 10.2. The number of aromatic nitrogens is 5. The summed E-state index contributed by atoms with van der Waals surface area (Å²) in [7, 11) is 0. The molecular formula is C12H18Cl2N6O. The Morgan fingerprint density at radius 3 is 2.71 bits per heavy atom. The summed E-state index contributed by atoms with van der Waals surface area (Å²) in [6.45, 7) is 5.21. The molecule has 2 aromatic heterocycles. The first kappa shape index (κ1) is 17.6. The van der Waals surface area contributed by atoms with Crippen molar-refractivity contribution in [2.45, 2.75) is 33.4 Å². The summed E-state index contributed by atoms with van der Waals surface area (Å²) in [5.74, 6) is 0.523. The smallest absolute Gasteiger partial charge is 0.225 e. The van der Waals surface area contributed by atoms with Crippen LogP contribution in [0, 0.1) is 0 Å². The van der Waals surface area contributed by atoms with Gasteiger partial charge in [-0.1, -0.05) is 30.7 Å². The molecule has 0 aliphatic heterocycles. The minimum Gasteiger partial charge on any atom is -0.396 e. The van der Waals surface area contributed by atoms with Crippen LogP contribution in [0.3, 0.4) is 0 Å². The minimum absolute atomic E-state index is 0.0848. The number of nitrogens with one attached hydrogen (secondary N) is 1. The van der Waals surface area contributed by atoms with E-state index in [1.54, 1.807) is 16.9 Å². The van der Waals surface area contributed by atoms with Gasteiger partial charge in [0.1, 0.15) is 16.7 Å². The summed E-state index contributed by atoms with van der Waals surface area (Å²) in [6, 6.07) is 1.57. The third-order valence-corrected chi connectivity index (χ3v) is 2.61. The van der Waals surface area contributed by atoms with Crippen molar-refractivity contribution >= 4 is 29.0 Å². The summed E-state index contributed by atoms with van der Waals surface area (Å²) in [5.41, 5.74) is 0.754. The predicted octanol–water partition coefficient (Wildman–Crippen LogP) is 2.40. The van der Waals surface area contributed by atoms with E-state index in [1.165, 1.54) is 0 Å². The van der Waals surface area contributed by atoms with Gasteiger partial charge >= 0.3 is 0 Å². The monoisotopic (exact) mass is 332 g/mol. The van der Waals surface area contributed by atoms with E-state index in [0.717, 1.165) is 5.69 Å². The van der Waals surface area contributed by atoms with Crippen LogP contribution in [0.15, 0.2) is 12.3 Å². The fourth-order valence-corrected chi connectivity index (χ4v) is 1.83. The van der Waals surface area contributed by atoms with Crippen molar-refractivity contribution in [2.75, 3.05) is 11.9 Å². The molecule has 0 saturated carbocycles. The molecule has 116 valence electrons. The lowest BCUT2D eigenvalue weighted by molar-refractivity contribution is 0.276. The number of hydrogen-bond donors (Lipinski definition) is 2. The zero-order chi connectivity index (χ0) is 15.7. The van der Waals surface area contributed by atoms with E-state index in [-0.39, 0.29) is 17.0 Å². The van der Waals surface area contributed by atoms with Crippen molar-refractivity contribution in [1.29, 1.82) is 0 Å². The maximum atomic E-state index is 8.73. The quantitative estimate of drug-likeness (QED) is 0.623.